The Morgan fingerprint density at radius 1 is 1.28 bits per heavy atom. The highest BCUT2D eigenvalue weighted by Gasteiger charge is 2.30. The zero-order chi connectivity index (χ0) is 13.7. The number of hydrogen-bond donors (Lipinski definition) is 0. The van der Waals surface area contributed by atoms with Crippen molar-refractivity contribution < 1.29 is 19.1 Å². The van der Waals surface area contributed by atoms with Gasteiger partial charge in [-0.05, 0) is 18.2 Å². The molecule has 0 radical (unpaired) electrons. The van der Waals surface area contributed by atoms with E-state index in [4.69, 9.17) is 11.6 Å². The highest BCUT2D eigenvalue weighted by Crippen LogP contribution is 2.33. The number of rotatable bonds is 4. The van der Waals surface area contributed by atoms with Crippen molar-refractivity contribution in [2.24, 2.45) is 0 Å². The number of carbonyl (C=O) groups is 2. The molecule has 98 valence electrons. The standard InChI is InChI=1S/C11H10BrClO4S/c1-16-10(14)9(11(15)17-2)18-8-5-6(12)3-4-7(8)13/h3-5,9H,1-2H3. The average Bonchev–Trinajstić information content (AvgIpc) is 2.38. The summed E-state index contributed by atoms with van der Waals surface area (Å²) in [6.45, 7) is 0. The van der Waals surface area contributed by atoms with Crippen molar-refractivity contribution in [1.82, 2.24) is 0 Å². The molecule has 1 aromatic rings. The number of ether oxygens (including phenoxy) is 2. The summed E-state index contributed by atoms with van der Waals surface area (Å²) in [5.41, 5.74) is 0. The van der Waals surface area contributed by atoms with E-state index in [1.54, 1.807) is 18.2 Å². The number of carbonyl (C=O) groups excluding carboxylic acids is 2. The predicted molar refractivity (Wildman–Crippen MR) is 72.8 cm³/mol. The van der Waals surface area contributed by atoms with Gasteiger partial charge in [0.1, 0.15) is 0 Å². The van der Waals surface area contributed by atoms with Crippen LogP contribution in [0.5, 0.6) is 0 Å². The SMILES string of the molecule is COC(=O)C(Sc1cc(Br)ccc1Cl)C(=O)OC. The Hall–Kier alpha value is -0.720. The van der Waals surface area contributed by atoms with Gasteiger partial charge in [-0.15, -0.1) is 0 Å². The van der Waals surface area contributed by atoms with E-state index in [0.29, 0.717) is 9.92 Å². The lowest BCUT2D eigenvalue weighted by Crippen LogP contribution is -2.29. The third-order valence-electron chi connectivity index (χ3n) is 1.97. The summed E-state index contributed by atoms with van der Waals surface area (Å²) in [7, 11) is 2.42. The maximum Gasteiger partial charge on any atom is 0.330 e. The van der Waals surface area contributed by atoms with Crippen LogP contribution in [0.2, 0.25) is 5.02 Å². The van der Waals surface area contributed by atoms with E-state index < -0.39 is 17.2 Å². The van der Waals surface area contributed by atoms with Crippen LogP contribution in [0.15, 0.2) is 27.6 Å². The fraction of sp³-hybridized carbons (Fsp3) is 0.273. The Bertz CT molecular complexity index is 450. The van der Waals surface area contributed by atoms with E-state index in [0.717, 1.165) is 16.2 Å². The largest absolute Gasteiger partial charge is 0.468 e. The molecule has 0 saturated carbocycles. The van der Waals surface area contributed by atoms with Gasteiger partial charge >= 0.3 is 11.9 Å². The summed E-state index contributed by atoms with van der Waals surface area (Å²) >= 11 is 10.3. The van der Waals surface area contributed by atoms with Crippen LogP contribution < -0.4 is 0 Å². The minimum atomic E-state index is -1.09. The van der Waals surface area contributed by atoms with E-state index in [1.807, 2.05) is 0 Å². The summed E-state index contributed by atoms with van der Waals surface area (Å²) < 4.78 is 9.92. The van der Waals surface area contributed by atoms with E-state index in [9.17, 15) is 9.59 Å². The lowest BCUT2D eigenvalue weighted by Gasteiger charge is -2.13. The summed E-state index contributed by atoms with van der Waals surface area (Å²) in [5.74, 6) is -1.36. The van der Waals surface area contributed by atoms with E-state index in [1.165, 1.54) is 14.2 Å². The normalized spacial score (nSPS) is 10.3. The first-order chi connectivity index (χ1) is 8.49. The molecule has 0 aliphatic heterocycles. The van der Waals surface area contributed by atoms with Gasteiger partial charge in [-0.25, -0.2) is 0 Å². The Morgan fingerprint density at radius 3 is 2.33 bits per heavy atom. The van der Waals surface area contributed by atoms with Crippen LogP contribution in [0.25, 0.3) is 0 Å². The number of thioether (sulfide) groups is 1. The zero-order valence-corrected chi connectivity index (χ0v) is 12.8. The fourth-order valence-corrected chi connectivity index (χ4v) is 2.88. The highest BCUT2D eigenvalue weighted by atomic mass is 79.9. The van der Waals surface area contributed by atoms with Crippen LogP contribution in [0, 0.1) is 0 Å². The summed E-state index contributed by atoms with van der Waals surface area (Å²) in [5, 5.41) is -0.646. The van der Waals surface area contributed by atoms with Gasteiger partial charge in [0.2, 0.25) is 5.25 Å². The third kappa shape index (κ3) is 3.90. The molecule has 4 nitrogen and oxygen atoms in total. The second-order valence-electron chi connectivity index (χ2n) is 3.12. The minimum Gasteiger partial charge on any atom is -0.468 e. The molecule has 0 atom stereocenters. The molecule has 0 unspecified atom stereocenters. The van der Waals surface area contributed by atoms with Crippen molar-refractivity contribution in [3.05, 3.63) is 27.7 Å². The van der Waals surface area contributed by atoms with E-state index in [2.05, 4.69) is 25.4 Å². The second kappa shape index (κ2) is 7.01. The molecule has 0 spiro atoms. The molecule has 18 heavy (non-hydrogen) atoms. The van der Waals surface area contributed by atoms with Crippen molar-refractivity contribution in [3.8, 4) is 0 Å². The Morgan fingerprint density at radius 2 is 1.83 bits per heavy atom. The van der Waals surface area contributed by atoms with Gasteiger partial charge in [-0.1, -0.05) is 39.3 Å². The molecule has 1 aromatic carbocycles. The van der Waals surface area contributed by atoms with E-state index >= 15 is 0 Å². The third-order valence-corrected chi connectivity index (χ3v) is 4.12. The number of esters is 2. The lowest BCUT2D eigenvalue weighted by atomic mass is 10.4. The summed E-state index contributed by atoms with van der Waals surface area (Å²) in [6, 6.07) is 5.14. The highest BCUT2D eigenvalue weighted by molar-refractivity contribution is 9.10. The first-order valence-corrected chi connectivity index (χ1v) is 6.82. The van der Waals surface area contributed by atoms with Crippen molar-refractivity contribution in [3.63, 3.8) is 0 Å². The summed E-state index contributed by atoms with van der Waals surface area (Å²) in [4.78, 5) is 23.6. The molecule has 0 N–H and O–H groups in total. The van der Waals surface area contributed by atoms with Gasteiger partial charge in [-0.2, -0.15) is 0 Å². The molecule has 0 saturated heterocycles. The molecule has 0 bridgehead atoms. The monoisotopic (exact) mass is 352 g/mol. The number of halogens is 2. The van der Waals surface area contributed by atoms with Gasteiger partial charge in [0, 0.05) is 9.37 Å². The first kappa shape index (κ1) is 15.3. The van der Waals surface area contributed by atoms with Crippen LogP contribution in [0.4, 0.5) is 0 Å². The van der Waals surface area contributed by atoms with Crippen LogP contribution in [0.1, 0.15) is 0 Å². The van der Waals surface area contributed by atoms with Crippen molar-refractivity contribution in [2.75, 3.05) is 14.2 Å². The fourth-order valence-electron chi connectivity index (χ4n) is 1.10. The van der Waals surface area contributed by atoms with E-state index in [-0.39, 0.29) is 0 Å². The molecule has 0 aromatic heterocycles. The van der Waals surface area contributed by atoms with Crippen LogP contribution in [-0.4, -0.2) is 31.4 Å². The molecular weight excluding hydrogens is 344 g/mol. The molecule has 0 amide bonds. The Labute approximate surface area is 122 Å². The van der Waals surface area contributed by atoms with Gasteiger partial charge < -0.3 is 9.47 Å². The molecule has 0 fully saturated rings. The summed E-state index contributed by atoms with van der Waals surface area (Å²) in [6.07, 6.45) is 0. The van der Waals surface area contributed by atoms with Crippen LogP contribution >= 0.6 is 39.3 Å². The number of benzene rings is 1. The molecule has 7 heteroatoms. The molecule has 0 aliphatic rings. The molecular formula is C11H10BrClO4S. The van der Waals surface area contributed by atoms with Gasteiger partial charge in [0.05, 0.1) is 19.2 Å². The second-order valence-corrected chi connectivity index (χ2v) is 5.59. The average molecular weight is 354 g/mol. The smallest absolute Gasteiger partial charge is 0.330 e. The maximum atomic E-state index is 11.5. The Balaban J connectivity index is 2.99. The van der Waals surface area contributed by atoms with Gasteiger partial charge in [0.15, 0.2) is 0 Å². The minimum absolute atomic E-state index is 0.445. The van der Waals surface area contributed by atoms with Crippen LogP contribution in [-0.2, 0) is 19.1 Å². The van der Waals surface area contributed by atoms with Crippen molar-refractivity contribution in [1.29, 1.82) is 0 Å². The van der Waals surface area contributed by atoms with Gasteiger partial charge in [-0.3, -0.25) is 9.59 Å². The quantitative estimate of drug-likeness (QED) is 0.473. The number of methoxy groups -OCH3 is 2. The molecule has 1 rings (SSSR count). The Kier molecular flexibility index (Phi) is 5.98. The van der Waals surface area contributed by atoms with Crippen LogP contribution in [0.3, 0.4) is 0 Å². The number of hydrogen-bond acceptors (Lipinski definition) is 5. The van der Waals surface area contributed by atoms with Crippen molar-refractivity contribution >= 4 is 51.2 Å². The predicted octanol–water partition coefficient (Wildman–Crippen LogP) is 2.91. The molecule has 0 heterocycles. The first-order valence-electron chi connectivity index (χ1n) is 4.77. The maximum absolute atomic E-state index is 11.5. The van der Waals surface area contributed by atoms with Gasteiger partial charge in [0.25, 0.3) is 0 Å². The lowest BCUT2D eigenvalue weighted by molar-refractivity contribution is -0.150. The van der Waals surface area contributed by atoms with Crippen molar-refractivity contribution in [2.45, 2.75) is 10.1 Å². The zero-order valence-electron chi connectivity index (χ0n) is 9.61. The topological polar surface area (TPSA) is 52.6 Å². The molecule has 0 aliphatic carbocycles.